The van der Waals surface area contributed by atoms with Crippen LogP contribution in [0.3, 0.4) is 0 Å². The maximum atomic E-state index is 13.2. The van der Waals surface area contributed by atoms with Crippen molar-refractivity contribution in [3.8, 4) is 5.13 Å². The number of hydrogen-bond donors (Lipinski definition) is 1. The summed E-state index contributed by atoms with van der Waals surface area (Å²) in [6.07, 6.45) is -9.11. The molecule has 1 aliphatic rings. The number of carbonyl (C=O) groups excluding carboxylic acids is 2. The molecule has 1 N–H and O–H groups in total. The first kappa shape index (κ1) is 29.5. The second kappa shape index (κ2) is 10.8. The Bertz CT molecular complexity index is 1380. The lowest BCUT2D eigenvalue weighted by molar-refractivity contribution is -0.143. The lowest BCUT2D eigenvalue weighted by atomic mass is 10.0. The Labute approximate surface area is 228 Å². The molecule has 2 aromatic heterocycles. The van der Waals surface area contributed by atoms with E-state index in [9.17, 15) is 35.9 Å². The fraction of sp³-hybridized carbons (Fsp3) is 0.458. The highest BCUT2D eigenvalue weighted by Gasteiger charge is 2.38. The van der Waals surface area contributed by atoms with Crippen LogP contribution in [0.25, 0.3) is 5.13 Å². The minimum absolute atomic E-state index is 0.0558. The van der Waals surface area contributed by atoms with Crippen LogP contribution in [-0.2, 0) is 17.1 Å². The third-order valence-electron chi connectivity index (χ3n) is 5.92. The average Bonchev–Trinajstić information content (AvgIpc) is 3.48. The van der Waals surface area contributed by atoms with E-state index in [0.717, 1.165) is 11.3 Å². The number of benzene rings is 1. The first-order valence-electron chi connectivity index (χ1n) is 12.0. The van der Waals surface area contributed by atoms with E-state index < -0.39 is 41.0 Å². The van der Waals surface area contributed by atoms with Crippen LogP contribution >= 0.6 is 11.3 Å². The van der Waals surface area contributed by atoms with Gasteiger partial charge in [-0.2, -0.15) is 31.0 Å². The van der Waals surface area contributed by atoms with Gasteiger partial charge in [-0.05, 0) is 45.9 Å². The molecular formula is C24H24F6N6O3S. The zero-order valence-corrected chi connectivity index (χ0v) is 22.4. The summed E-state index contributed by atoms with van der Waals surface area (Å²) in [5.74, 6) is -1.07. The summed E-state index contributed by atoms with van der Waals surface area (Å²) < 4.78 is 86.3. The lowest BCUT2D eigenvalue weighted by Gasteiger charge is -2.34. The standard InChI is InChI=1S/C24H24F6N6O3S/c1-11-9-35(10-12(2)39-11)21(38)18-8-31-22(40-18)36-19(33-14(4)34-36)13(3)32-20(37)15-5-16(23(25,26)27)7-17(6-15)24(28,29)30/h5-8,11-13H,9-10H2,1-4H3,(H,32,37)/t11-,12+,13-/m0/s1. The van der Waals surface area contributed by atoms with Gasteiger partial charge in [0.05, 0.1) is 35.6 Å². The number of aryl methyl sites for hydroxylation is 1. The number of rotatable bonds is 5. The molecule has 0 spiro atoms. The molecule has 0 unspecified atom stereocenters. The van der Waals surface area contributed by atoms with Crippen LogP contribution in [0.2, 0.25) is 0 Å². The first-order chi connectivity index (χ1) is 18.5. The van der Waals surface area contributed by atoms with Crippen molar-refractivity contribution in [2.45, 2.75) is 58.3 Å². The Hall–Kier alpha value is -3.53. The summed E-state index contributed by atoms with van der Waals surface area (Å²) in [5.41, 5.74) is -4.04. The molecule has 9 nitrogen and oxygen atoms in total. The second-order valence-electron chi connectivity index (χ2n) is 9.39. The lowest BCUT2D eigenvalue weighted by Crippen LogP contribution is -2.48. The molecule has 0 aliphatic carbocycles. The number of thiazole rings is 1. The average molecular weight is 591 g/mol. The summed E-state index contributed by atoms with van der Waals surface area (Å²) in [7, 11) is 0. The Balaban J connectivity index is 1.58. The molecule has 0 radical (unpaired) electrons. The van der Waals surface area contributed by atoms with Crippen molar-refractivity contribution < 1.29 is 40.7 Å². The summed E-state index contributed by atoms with van der Waals surface area (Å²) >= 11 is 1.01. The van der Waals surface area contributed by atoms with Gasteiger partial charge in [-0.15, -0.1) is 5.10 Å². The van der Waals surface area contributed by atoms with Crippen LogP contribution in [0, 0.1) is 6.92 Å². The molecule has 1 fully saturated rings. The molecule has 3 atom stereocenters. The number of morpholine rings is 1. The summed E-state index contributed by atoms with van der Waals surface area (Å²) in [5, 5.41) is 6.85. The van der Waals surface area contributed by atoms with E-state index in [2.05, 4.69) is 20.4 Å². The SMILES string of the molecule is Cc1nc([C@H](C)NC(=O)c2cc(C(F)(F)F)cc(C(F)(F)F)c2)n(-c2ncc(C(=O)N3C[C@@H](C)O[C@@H](C)C3)s2)n1. The molecule has 2 amide bonds. The Morgan fingerprint density at radius 3 is 2.17 bits per heavy atom. The maximum Gasteiger partial charge on any atom is 0.416 e. The third-order valence-corrected chi connectivity index (χ3v) is 6.88. The molecule has 1 saturated heterocycles. The van der Waals surface area contributed by atoms with Gasteiger partial charge in [0.15, 0.2) is 5.82 Å². The number of aromatic nitrogens is 4. The largest absolute Gasteiger partial charge is 0.416 e. The monoisotopic (exact) mass is 590 g/mol. The Kier molecular flexibility index (Phi) is 7.95. The van der Waals surface area contributed by atoms with Crippen molar-refractivity contribution in [1.82, 2.24) is 30.0 Å². The topological polar surface area (TPSA) is 102 Å². The van der Waals surface area contributed by atoms with E-state index >= 15 is 0 Å². The van der Waals surface area contributed by atoms with Gasteiger partial charge >= 0.3 is 12.4 Å². The molecule has 16 heteroatoms. The van der Waals surface area contributed by atoms with Crippen molar-refractivity contribution in [2.75, 3.05) is 13.1 Å². The van der Waals surface area contributed by atoms with Gasteiger partial charge in [0.1, 0.15) is 10.7 Å². The Morgan fingerprint density at radius 1 is 1.05 bits per heavy atom. The van der Waals surface area contributed by atoms with Gasteiger partial charge in [0.25, 0.3) is 11.8 Å². The maximum absolute atomic E-state index is 13.2. The van der Waals surface area contributed by atoms with Crippen LogP contribution in [0.5, 0.6) is 0 Å². The quantitative estimate of drug-likeness (QED) is 0.428. The molecule has 3 aromatic rings. The minimum atomic E-state index is -5.10. The van der Waals surface area contributed by atoms with Gasteiger partial charge in [-0.1, -0.05) is 11.3 Å². The molecule has 216 valence electrons. The first-order valence-corrected chi connectivity index (χ1v) is 12.8. The van der Waals surface area contributed by atoms with Gasteiger partial charge in [-0.25, -0.2) is 9.97 Å². The van der Waals surface area contributed by atoms with Gasteiger partial charge in [-0.3, -0.25) is 9.59 Å². The number of amides is 2. The third kappa shape index (κ3) is 6.43. The number of alkyl halides is 6. The van der Waals surface area contributed by atoms with Crippen LogP contribution < -0.4 is 5.32 Å². The van der Waals surface area contributed by atoms with Crippen molar-refractivity contribution >= 4 is 23.2 Å². The van der Waals surface area contributed by atoms with Crippen LogP contribution in [0.1, 0.15) is 69.6 Å². The molecule has 4 rings (SSSR count). The normalized spacial score (nSPS) is 19.0. The molecule has 3 heterocycles. The summed E-state index contributed by atoms with van der Waals surface area (Å²) in [4.78, 5) is 36.3. The van der Waals surface area contributed by atoms with Crippen molar-refractivity contribution in [3.63, 3.8) is 0 Å². The molecule has 0 saturated carbocycles. The predicted octanol–water partition coefficient (Wildman–Crippen LogP) is 4.81. The molecular weight excluding hydrogens is 566 g/mol. The van der Waals surface area contributed by atoms with E-state index in [1.165, 1.54) is 17.8 Å². The van der Waals surface area contributed by atoms with Gasteiger partial charge < -0.3 is 15.0 Å². The zero-order valence-electron chi connectivity index (χ0n) is 21.6. The summed E-state index contributed by atoms with van der Waals surface area (Å²) in [6, 6.07) is -0.375. The minimum Gasteiger partial charge on any atom is -0.372 e. The molecule has 1 aromatic carbocycles. The van der Waals surface area contributed by atoms with Crippen molar-refractivity contribution in [1.29, 1.82) is 0 Å². The zero-order chi connectivity index (χ0) is 29.6. The van der Waals surface area contributed by atoms with Crippen LogP contribution in [0.15, 0.2) is 24.4 Å². The highest BCUT2D eigenvalue weighted by atomic mass is 32.1. The molecule has 1 aliphatic heterocycles. The Morgan fingerprint density at radius 2 is 1.62 bits per heavy atom. The predicted molar refractivity (Wildman–Crippen MR) is 130 cm³/mol. The molecule has 40 heavy (non-hydrogen) atoms. The van der Waals surface area contributed by atoms with E-state index in [1.807, 2.05) is 13.8 Å². The number of nitrogens with one attached hydrogen (secondary N) is 1. The number of hydrogen-bond acceptors (Lipinski definition) is 7. The van der Waals surface area contributed by atoms with Crippen LogP contribution in [-0.4, -0.2) is 61.8 Å². The van der Waals surface area contributed by atoms with Gasteiger partial charge in [0, 0.05) is 18.7 Å². The van der Waals surface area contributed by atoms with E-state index in [-0.39, 0.29) is 41.0 Å². The van der Waals surface area contributed by atoms with E-state index in [0.29, 0.717) is 30.1 Å². The second-order valence-corrected chi connectivity index (χ2v) is 10.4. The van der Waals surface area contributed by atoms with Crippen molar-refractivity contribution in [2.24, 2.45) is 0 Å². The van der Waals surface area contributed by atoms with E-state index in [1.54, 1.807) is 11.8 Å². The van der Waals surface area contributed by atoms with E-state index in [4.69, 9.17) is 4.74 Å². The van der Waals surface area contributed by atoms with Crippen molar-refractivity contribution in [3.05, 3.63) is 57.6 Å². The number of nitrogens with zero attached hydrogens (tertiary/aromatic N) is 5. The summed E-state index contributed by atoms with van der Waals surface area (Å²) in [6.45, 7) is 7.51. The highest BCUT2D eigenvalue weighted by Crippen LogP contribution is 2.36. The van der Waals surface area contributed by atoms with Crippen LogP contribution in [0.4, 0.5) is 26.3 Å². The number of halogens is 6. The number of carbonyl (C=O) groups is 2. The fourth-order valence-electron chi connectivity index (χ4n) is 4.24. The van der Waals surface area contributed by atoms with Gasteiger partial charge in [0.2, 0.25) is 5.13 Å². The smallest absolute Gasteiger partial charge is 0.372 e. The fourth-order valence-corrected chi connectivity index (χ4v) is 5.09. The number of ether oxygens (including phenoxy) is 1. The highest BCUT2D eigenvalue weighted by molar-refractivity contribution is 7.16. The molecule has 0 bridgehead atoms.